The Balaban J connectivity index is 1.50. The van der Waals surface area contributed by atoms with E-state index in [9.17, 15) is 19.2 Å². The van der Waals surface area contributed by atoms with E-state index in [1.54, 1.807) is 30.0 Å². The Morgan fingerprint density at radius 3 is 2.76 bits per heavy atom. The van der Waals surface area contributed by atoms with Crippen molar-refractivity contribution >= 4 is 75.3 Å². The number of ether oxygens (including phenoxy) is 3. The van der Waals surface area contributed by atoms with Crippen molar-refractivity contribution in [3.63, 3.8) is 0 Å². The number of hydrogen-bond acceptors (Lipinski definition) is 15. The number of thiazole rings is 2. The fraction of sp³-hybridized carbons (Fsp3) is 0.458. The molecule has 2 aromatic heterocycles. The Morgan fingerprint density at radius 2 is 2.12 bits per heavy atom. The minimum Gasteiger partial charge on any atom is -0.435 e. The first-order valence-electron chi connectivity index (χ1n) is 12.3. The van der Waals surface area contributed by atoms with Crippen LogP contribution in [-0.2, 0) is 33.4 Å². The highest BCUT2D eigenvalue weighted by Gasteiger charge is 2.57. The SMILES string of the molecule is CCOC(=O)OC(C)OC(=O)C1(C=Cc2scnc2C)CS[C@@H]2C(NC(=O)C(=NOC)c3csc(N)n3)C(=O)N2C1. The third-order valence-corrected chi connectivity index (χ3v) is 9.21. The number of fused-ring (bicyclic) bond motifs is 1. The molecule has 0 aromatic carbocycles. The van der Waals surface area contributed by atoms with Crippen molar-refractivity contribution in [1.82, 2.24) is 20.2 Å². The summed E-state index contributed by atoms with van der Waals surface area (Å²) in [4.78, 5) is 66.8. The fourth-order valence-corrected chi connectivity index (χ4v) is 6.83. The normalized spacial score (nSPS) is 22.9. The average molecular weight is 625 g/mol. The second kappa shape index (κ2) is 12.9. The number of nitrogens with zero attached hydrogens (tertiary/aromatic N) is 4. The monoisotopic (exact) mass is 624 g/mol. The maximum Gasteiger partial charge on any atom is 0.511 e. The number of β-lactam (4-membered cyclic amide) rings is 1. The summed E-state index contributed by atoms with van der Waals surface area (Å²) in [5.74, 6) is -1.51. The Labute approximate surface area is 247 Å². The van der Waals surface area contributed by atoms with Crippen LogP contribution in [0.3, 0.4) is 0 Å². The lowest BCUT2D eigenvalue weighted by atomic mass is 9.86. The van der Waals surface area contributed by atoms with Gasteiger partial charge in [0.15, 0.2) is 10.8 Å². The van der Waals surface area contributed by atoms with Crippen molar-refractivity contribution in [1.29, 1.82) is 0 Å². The molecule has 0 saturated carbocycles. The summed E-state index contributed by atoms with van der Waals surface area (Å²) < 4.78 is 15.2. The van der Waals surface area contributed by atoms with Crippen molar-refractivity contribution in [3.05, 3.63) is 33.2 Å². The van der Waals surface area contributed by atoms with Gasteiger partial charge in [-0.1, -0.05) is 11.2 Å². The van der Waals surface area contributed by atoms with Gasteiger partial charge in [0.05, 0.1) is 17.8 Å². The van der Waals surface area contributed by atoms with Gasteiger partial charge in [-0.25, -0.2) is 14.8 Å². The van der Waals surface area contributed by atoms with Gasteiger partial charge < -0.3 is 35.0 Å². The predicted molar refractivity (Wildman–Crippen MR) is 152 cm³/mol. The molecule has 220 valence electrons. The van der Waals surface area contributed by atoms with E-state index in [0.717, 1.165) is 21.9 Å². The van der Waals surface area contributed by atoms with Crippen LogP contribution in [0.5, 0.6) is 0 Å². The smallest absolute Gasteiger partial charge is 0.435 e. The van der Waals surface area contributed by atoms with Crippen LogP contribution in [0.4, 0.5) is 9.93 Å². The molecule has 0 aliphatic carbocycles. The standard InChI is InChI=1S/C24H28N6O8S3/c1-5-36-23(34)38-13(3)37-21(33)24(7-6-15-12(2)26-11-41-15)9-30-19(32)17(20(30)40-10-24)28-18(31)16(29-35-4)14-8-39-22(25)27-14/h6-8,11,13,17,20H,5,9-10H2,1-4H3,(H2,25,27)(H,28,31)/t13?,17?,20-,24?/m1/s1. The van der Waals surface area contributed by atoms with Crippen molar-refractivity contribution in [2.24, 2.45) is 10.6 Å². The Kier molecular flexibility index (Phi) is 9.49. The van der Waals surface area contributed by atoms with E-state index in [1.807, 2.05) is 6.92 Å². The molecule has 4 rings (SSSR count). The van der Waals surface area contributed by atoms with Crippen LogP contribution in [0.1, 0.15) is 30.1 Å². The molecule has 4 atom stereocenters. The number of oxime groups is 1. The number of anilines is 1. The first-order valence-corrected chi connectivity index (χ1v) is 15.1. The molecular formula is C24H28N6O8S3. The number of thioether (sulfide) groups is 1. The summed E-state index contributed by atoms with van der Waals surface area (Å²) in [5.41, 5.74) is 6.98. The van der Waals surface area contributed by atoms with Gasteiger partial charge in [-0.15, -0.1) is 34.4 Å². The molecule has 4 heterocycles. The highest BCUT2D eigenvalue weighted by molar-refractivity contribution is 8.00. The van der Waals surface area contributed by atoms with Gasteiger partial charge in [-0.2, -0.15) is 0 Å². The molecule has 14 nitrogen and oxygen atoms in total. The third-order valence-electron chi connectivity index (χ3n) is 6.09. The summed E-state index contributed by atoms with van der Waals surface area (Å²) >= 11 is 3.84. The molecule has 3 unspecified atom stereocenters. The quantitative estimate of drug-likeness (QED) is 0.129. The summed E-state index contributed by atoms with van der Waals surface area (Å²) in [6.45, 7) is 4.94. The first kappa shape index (κ1) is 30.3. The molecule has 41 heavy (non-hydrogen) atoms. The fourth-order valence-electron chi connectivity index (χ4n) is 4.07. The number of nitrogen functional groups attached to an aromatic ring is 1. The number of hydrogen-bond donors (Lipinski definition) is 2. The number of aromatic nitrogens is 2. The summed E-state index contributed by atoms with van der Waals surface area (Å²) in [6, 6.07) is -0.863. The number of nitrogens with one attached hydrogen (secondary N) is 1. The highest BCUT2D eigenvalue weighted by Crippen LogP contribution is 2.44. The molecule has 0 bridgehead atoms. The van der Waals surface area contributed by atoms with Crippen LogP contribution in [0.25, 0.3) is 6.08 Å². The topological polar surface area (TPSA) is 185 Å². The lowest BCUT2D eigenvalue weighted by molar-refractivity contribution is -0.179. The van der Waals surface area contributed by atoms with Gasteiger partial charge in [0.2, 0.25) is 12.2 Å². The van der Waals surface area contributed by atoms with Crippen molar-refractivity contribution in [2.45, 2.75) is 38.5 Å². The number of nitrogens with two attached hydrogens (primary N) is 1. The molecule has 2 saturated heterocycles. The molecule has 0 spiro atoms. The summed E-state index contributed by atoms with van der Waals surface area (Å²) in [7, 11) is 1.29. The summed E-state index contributed by atoms with van der Waals surface area (Å²) in [5, 5.41) is 7.81. The number of esters is 1. The third kappa shape index (κ3) is 6.62. The van der Waals surface area contributed by atoms with E-state index in [4.69, 9.17) is 24.8 Å². The minimum absolute atomic E-state index is 0.0170. The number of aryl methyl sites for hydroxylation is 1. The average Bonchev–Trinajstić information content (AvgIpc) is 3.56. The minimum atomic E-state index is -1.27. The van der Waals surface area contributed by atoms with Crippen LogP contribution in [0.15, 0.2) is 22.1 Å². The molecule has 2 fully saturated rings. The summed E-state index contributed by atoms with van der Waals surface area (Å²) in [6.07, 6.45) is 1.26. The molecular weight excluding hydrogens is 596 g/mol. The van der Waals surface area contributed by atoms with Crippen molar-refractivity contribution in [3.8, 4) is 0 Å². The molecule has 17 heteroatoms. The Hall–Kier alpha value is -3.70. The molecule has 2 aliphatic rings. The van der Waals surface area contributed by atoms with Gasteiger partial charge in [0.25, 0.3) is 5.91 Å². The zero-order chi connectivity index (χ0) is 29.7. The van der Waals surface area contributed by atoms with Crippen molar-refractivity contribution < 1.29 is 38.2 Å². The van der Waals surface area contributed by atoms with Gasteiger partial charge in [0, 0.05) is 29.5 Å². The molecule has 3 N–H and O–H groups in total. The van der Waals surface area contributed by atoms with Gasteiger partial charge in [0.1, 0.15) is 29.6 Å². The van der Waals surface area contributed by atoms with Gasteiger partial charge in [-0.05, 0) is 19.9 Å². The van der Waals surface area contributed by atoms with Gasteiger partial charge in [-0.3, -0.25) is 14.4 Å². The maximum atomic E-state index is 13.5. The largest absolute Gasteiger partial charge is 0.511 e. The molecule has 2 aliphatic heterocycles. The highest BCUT2D eigenvalue weighted by atomic mass is 32.2. The zero-order valence-electron chi connectivity index (χ0n) is 22.5. The second-order valence-corrected chi connectivity index (χ2v) is 11.8. The number of carbonyl (C=O) groups is 4. The second-order valence-electron chi connectivity index (χ2n) is 8.88. The lowest BCUT2D eigenvalue weighted by Gasteiger charge is -2.53. The van der Waals surface area contributed by atoms with Crippen LogP contribution < -0.4 is 11.1 Å². The van der Waals surface area contributed by atoms with E-state index < -0.39 is 41.2 Å². The maximum absolute atomic E-state index is 13.5. The zero-order valence-corrected chi connectivity index (χ0v) is 25.0. The Morgan fingerprint density at radius 1 is 1.34 bits per heavy atom. The number of rotatable bonds is 10. The van der Waals surface area contributed by atoms with E-state index in [0.29, 0.717) is 0 Å². The predicted octanol–water partition coefficient (Wildman–Crippen LogP) is 2.00. The van der Waals surface area contributed by atoms with Crippen LogP contribution >= 0.6 is 34.4 Å². The molecule has 0 radical (unpaired) electrons. The van der Waals surface area contributed by atoms with Gasteiger partial charge >= 0.3 is 12.1 Å². The molecule has 2 aromatic rings. The lowest BCUT2D eigenvalue weighted by Crippen LogP contribution is -2.74. The molecule has 2 amide bonds. The number of carbonyl (C=O) groups excluding carboxylic acids is 4. The van der Waals surface area contributed by atoms with Crippen LogP contribution in [-0.4, -0.2) is 88.2 Å². The van der Waals surface area contributed by atoms with E-state index >= 15 is 0 Å². The van der Waals surface area contributed by atoms with Crippen LogP contribution in [0, 0.1) is 12.3 Å². The first-order chi connectivity index (χ1) is 19.6. The van der Waals surface area contributed by atoms with E-state index in [2.05, 4.69) is 20.4 Å². The Bertz CT molecular complexity index is 1380. The van der Waals surface area contributed by atoms with Crippen molar-refractivity contribution in [2.75, 3.05) is 31.7 Å². The number of amides is 2. The van der Waals surface area contributed by atoms with E-state index in [1.165, 1.54) is 42.0 Å². The van der Waals surface area contributed by atoms with Crippen LogP contribution in [0.2, 0.25) is 0 Å². The van der Waals surface area contributed by atoms with E-state index in [-0.39, 0.29) is 41.3 Å².